The number of para-hydroxylation sites is 1. The minimum atomic E-state index is -0.220. The molecule has 26 heavy (non-hydrogen) atoms. The van der Waals surface area contributed by atoms with E-state index in [0.29, 0.717) is 23.7 Å². The Hall–Kier alpha value is -3.34. The van der Waals surface area contributed by atoms with E-state index < -0.39 is 0 Å². The van der Waals surface area contributed by atoms with E-state index in [1.807, 2.05) is 28.9 Å². The van der Waals surface area contributed by atoms with Gasteiger partial charge < -0.3 is 9.73 Å². The summed E-state index contributed by atoms with van der Waals surface area (Å²) in [6.45, 7) is 4.48. The summed E-state index contributed by atoms with van der Waals surface area (Å²) in [6.07, 6.45) is 1.51. The van der Waals surface area contributed by atoms with Crippen molar-refractivity contribution in [1.82, 2.24) is 9.78 Å². The fraction of sp³-hybridized carbons (Fsp3) is 0.143. The van der Waals surface area contributed by atoms with E-state index in [4.69, 9.17) is 4.42 Å². The lowest BCUT2D eigenvalue weighted by Crippen LogP contribution is -2.13. The first-order chi connectivity index (χ1) is 12.6. The van der Waals surface area contributed by atoms with Gasteiger partial charge >= 0.3 is 0 Å². The Kier molecular flexibility index (Phi) is 4.05. The minimum Gasteiger partial charge on any atom is -0.469 e. The third kappa shape index (κ3) is 2.99. The SMILES string of the molecule is Cc1ccc(Cn2nc(NC(=O)c3ccoc3C)c3ccccc32)cc1. The molecule has 2 heterocycles. The molecule has 0 unspecified atom stereocenters. The van der Waals surface area contributed by atoms with Gasteiger partial charge in [0.1, 0.15) is 5.76 Å². The molecule has 0 saturated heterocycles. The van der Waals surface area contributed by atoms with Crippen molar-refractivity contribution in [3.63, 3.8) is 0 Å². The highest BCUT2D eigenvalue weighted by Crippen LogP contribution is 2.24. The van der Waals surface area contributed by atoms with Crippen molar-refractivity contribution < 1.29 is 9.21 Å². The van der Waals surface area contributed by atoms with Crippen LogP contribution < -0.4 is 5.32 Å². The molecule has 2 aromatic carbocycles. The molecule has 0 aliphatic heterocycles. The molecule has 0 atom stereocenters. The lowest BCUT2D eigenvalue weighted by Gasteiger charge is -2.04. The third-order valence-electron chi connectivity index (χ3n) is 4.45. The number of nitrogens with one attached hydrogen (secondary N) is 1. The molecule has 130 valence electrons. The third-order valence-corrected chi connectivity index (χ3v) is 4.45. The van der Waals surface area contributed by atoms with Gasteiger partial charge in [0.2, 0.25) is 0 Å². The summed E-state index contributed by atoms with van der Waals surface area (Å²) in [5, 5.41) is 8.46. The average molecular weight is 345 g/mol. The molecule has 5 nitrogen and oxygen atoms in total. The molecule has 4 rings (SSSR count). The predicted molar refractivity (Wildman–Crippen MR) is 101 cm³/mol. The minimum absolute atomic E-state index is 0.220. The highest BCUT2D eigenvalue weighted by Gasteiger charge is 2.16. The van der Waals surface area contributed by atoms with Crippen molar-refractivity contribution in [1.29, 1.82) is 0 Å². The zero-order valence-electron chi connectivity index (χ0n) is 14.7. The fourth-order valence-corrected chi connectivity index (χ4v) is 3.00. The van der Waals surface area contributed by atoms with Gasteiger partial charge in [0.25, 0.3) is 5.91 Å². The van der Waals surface area contributed by atoms with Crippen molar-refractivity contribution in [2.45, 2.75) is 20.4 Å². The lowest BCUT2D eigenvalue weighted by molar-refractivity contribution is 0.102. The van der Waals surface area contributed by atoms with Crippen LogP contribution in [0.5, 0.6) is 0 Å². The summed E-state index contributed by atoms with van der Waals surface area (Å²) in [4.78, 5) is 12.5. The van der Waals surface area contributed by atoms with Crippen LogP contribution in [0.25, 0.3) is 10.9 Å². The number of nitrogens with zero attached hydrogens (tertiary/aromatic N) is 2. The highest BCUT2D eigenvalue weighted by molar-refractivity contribution is 6.08. The van der Waals surface area contributed by atoms with Gasteiger partial charge in [-0.1, -0.05) is 42.0 Å². The number of amides is 1. The smallest absolute Gasteiger partial charge is 0.260 e. The van der Waals surface area contributed by atoms with E-state index >= 15 is 0 Å². The average Bonchev–Trinajstić information content (AvgIpc) is 3.22. The molecule has 1 N–H and O–H groups in total. The number of aromatic nitrogens is 2. The molecule has 0 bridgehead atoms. The highest BCUT2D eigenvalue weighted by atomic mass is 16.3. The number of aryl methyl sites for hydroxylation is 2. The van der Waals surface area contributed by atoms with Crippen LogP contribution in [-0.2, 0) is 6.54 Å². The number of carbonyl (C=O) groups is 1. The molecule has 2 aromatic heterocycles. The first-order valence-corrected chi connectivity index (χ1v) is 8.48. The van der Waals surface area contributed by atoms with Crippen molar-refractivity contribution in [2.75, 3.05) is 5.32 Å². The summed E-state index contributed by atoms with van der Waals surface area (Å²) < 4.78 is 7.13. The number of anilines is 1. The van der Waals surface area contributed by atoms with E-state index in [1.54, 1.807) is 13.0 Å². The number of rotatable bonds is 4. The number of carbonyl (C=O) groups excluding carboxylic acids is 1. The van der Waals surface area contributed by atoms with Gasteiger partial charge in [-0.05, 0) is 37.6 Å². The maximum atomic E-state index is 12.5. The van der Waals surface area contributed by atoms with Gasteiger partial charge in [-0.3, -0.25) is 9.48 Å². The van der Waals surface area contributed by atoms with E-state index in [2.05, 4.69) is 41.6 Å². The van der Waals surface area contributed by atoms with Gasteiger partial charge in [0, 0.05) is 5.39 Å². The Balaban J connectivity index is 1.68. The molecule has 0 aliphatic carbocycles. The predicted octanol–water partition coefficient (Wildman–Crippen LogP) is 4.55. The molecule has 0 spiro atoms. The van der Waals surface area contributed by atoms with Crippen LogP contribution in [-0.4, -0.2) is 15.7 Å². The van der Waals surface area contributed by atoms with Gasteiger partial charge in [-0.2, -0.15) is 5.10 Å². The van der Waals surface area contributed by atoms with Crippen LogP contribution in [0.3, 0.4) is 0 Å². The zero-order chi connectivity index (χ0) is 18.1. The summed E-state index contributed by atoms with van der Waals surface area (Å²) in [6, 6.07) is 17.9. The maximum Gasteiger partial charge on any atom is 0.260 e. The normalized spacial score (nSPS) is 11.0. The first kappa shape index (κ1) is 16.1. The molecular weight excluding hydrogens is 326 g/mol. The van der Waals surface area contributed by atoms with Gasteiger partial charge in [0.05, 0.1) is 23.9 Å². The van der Waals surface area contributed by atoms with E-state index in [0.717, 1.165) is 16.5 Å². The van der Waals surface area contributed by atoms with Crippen molar-refractivity contribution in [2.24, 2.45) is 0 Å². The Bertz CT molecular complexity index is 1070. The Morgan fingerprint density at radius 3 is 2.58 bits per heavy atom. The Morgan fingerprint density at radius 2 is 1.85 bits per heavy atom. The maximum absolute atomic E-state index is 12.5. The molecule has 0 radical (unpaired) electrons. The monoisotopic (exact) mass is 345 g/mol. The molecule has 0 fully saturated rings. The number of hydrogen-bond acceptors (Lipinski definition) is 3. The van der Waals surface area contributed by atoms with Crippen molar-refractivity contribution in [3.8, 4) is 0 Å². The van der Waals surface area contributed by atoms with Gasteiger partial charge in [-0.15, -0.1) is 0 Å². The topological polar surface area (TPSA) is 60.1 Å². The van der Waals surface area contributed by atoms with Crippen LogP contribution in [0.1, 0.15) is 27.2 Å². The molecule has 0 saturated carbocycles. The zero-order valence-corrected chi connectivity index (χ0v) is 14.7. The summed E-state index contributed by atoms with van der Waals surface area (Å²) in [5.74, 6) is 0.922. The molecule has 0 aliphatic rings. The Morgan fingerprint density at radius 1 is 1.08 bits per heavy atom. The van der Waals surface area contributed by atoms with Crippen LogP contribution in [0.15, 0.2) is 65.3 Å². The van der Waals surface area contributed by atoms with E-state index in [1.165, 1.54) is 11.8 Å². The van der Waals surface area contributed by atoms with E-state index in [-0.39, 0.29) is 5.91 Å². The van der Waals surface area contributed by atoms with Crippen LogP contribution in [0.4, 0.5) is 5.82 Å². The van der Waals surface area contributed by atoms with Crippen LogP contribution >= 0.6 is 0 Å². The van der Waals surface area contributed by atoms with Crippen molar-refractivity contribution in [3.05, 3.63) is 83.3 Å². The lowest BCUT2D eigenvalue weighted by atomic mass is 10.1. The van der Waals surface area contributed by atoms with Crippen molar-refractivity contribution >= 4 is 22.6 Å². The quantitative estimate of drug-likeness (QED) is 0.590. The number of hydrogen-bond donors (Lipinski definition) is 1. The van der Waals surface area contributed by atoms with E-state index in [9.17, 15) is 4.79 Å². The molecular formula is C21H19N3O2. The van der Waals surface area contributed by atoms with Gasteiger partial charge in [0.15, 0.2) is 5.82 Å². The fourth-order valence-electron chi connectivity index (χ4n) is 3.00. The molecule has 1 amide bonds. The van der Waals surface area contributed by atoms with Gasteiger partial charge in [-0.25, -0.2) is 0 Å². The summed E-state index contributed by atoms with van der Waals surface area (Å²) >= 11 is 0. The number of benzene rings is 2. The Labute approximate surface area is 151 Å². The second kappa shape index (κ2) is 6.52. The summed E-state index contributed by atoms with van der Waals surface area (Å²) in [7, 11) is 0. The molecule has 5 heteroatoms. The number of furan rings is 1. The standard InChI is InChI=1S/C21H19N3O2/c1-14-7-9-16(10-8-14)13-24-19-6-4-3-5-18(19)20(23-24)22-21(25)17-11-12-26-15(17)2/h3-12H,13H2,1-2H3,(H,22,23,25). The first-order valence-electron chi connectivity index (χ1n) is 8.48. The summed E-state index contributed by atoms with van der Waals surface area (Å²) in [5.41, 5.74) is 3.88. The second-order valence-electron chi connectivity index (χ2n) is 6.35. The number of fused-ring (bicyclic) bond motifs is 1. The largest absolute Gasteiger partial charge is 0.469 e. The molecule has 4 aromatic rings. The van der Waals surface area contributed by atoms with Crippen LogP contribution in [0, 0.1) is 13.8 Å². The second-order valence-corrected chi connectivity index (χ2v) is 6.35. The van der Waals surface area contributed by atoms with Crippen LogP contribution in [0.2, 0.25) is 0 Å².